The number of carbonyl (C=O) groups is 1. The topological polar surface area (TPSA) is 80.9 Å². The van der Waals surface area contributed by atoms with Gasteiger partial charge in [-0.15, -0.1) is 5.10 Å². The molecule has 0 amide bonds. The molecule has 2 aromatic rings. The lowest BCUT2D eigenvalue weighted by molar-refractivity contribution is -0.138. The molecule has 1 N–H and O–H groups in total. The van der Waals surface area contributed by atoms with E-state index < -0.39 is 5.97 Å². The third kappa shape index (κ3) is 4.37. The SMILES string of the molecule is Cc1ccccc1CCc1nnnn1CC(C)CC(=O)O. The van der Waals surface area contributed by atoms with Crippen molar-refractivity contribution in [3.63, 3.8) is 0 Å². The first-order valence-electron chi connectivity index (χ1n) is 7.07. The standard InChI is InChI=1S/C15H20N4O2/c1-11(9-15(20)21)10-19-14(16-17-18-19)8-7-13-6-4-3-5-12(13)2/h3-6,11H,7-10H2,1-2H3,(H,20,21). The Morgan fingerprint density at radius 3 is 2.81 bits per heavy atom. The van der Waals surface area contributed by atoms with Crippen LogP contribution in [0.3, 0.4) is 0 Å². The summed E-state index contributed by atoms with van der Waals surface area (Å²) in [6.07, 6.45) is 1.75. The maximum Gasteiger partial charge on any atom is 0.303 e. The quantitative estimate of drug-likeness (QED) is 0.841. The minimum absolute atomic E-state index is 0.00297. The first-order chi connectivity index (χ1) is 10.1. The van der Waals surface area contributed by atoms with E-state index in [-0.39, 0.29) is 12.3 Å². The van der Waals surface area contributed by atoms with Gasteiger partial charge in [0.15, 0.2) is 5.82 Å². The van der Waals surface area contributed by atoms with Crippen molar-refractivity contribution in [2.24, 2.45) is 5.92 Å². The van der Waals surface area contributed by atoms with Crippen molar-refractivity contribution in [1.82, 2.24) is 20.2 Å². The van der Waals surface area contributed by atoms with Crippen LogP contribution in [0.15, 0.2) is 24.3 Å². The molecule has 112 valence electrons. The van der Waals surface area contributed by atoms with E-state index in [2.05, 4.69) is 34.6 Å². The molecule has 0 fully saturated rings. The molecule has 1 heterocycles. The average molecular weight is 288 g/mol. The second-order valence-corrected chi connectivity index (χ2v) is 5.41. The number of benzene rings is 1. The maximum absolute atomic E-state index is 10.7. The summed E-state index contributed by atoms with van der Waals surface area (Å²) in [7, 11) is 0. The van der Waals surface area contributed by atoms with Crippen LogP contribution >= 0.6 is 0 Å². The molecule has 0 saturated carbocycles. The third-order valence-electron chi connectivity index (χ3n) is 3.49. The fraction of sp³-hybridized carbons (Fsp3) is 0.467. The Morgan fingerprint density at radius 1 is 1.33 bits per heavy atom. The highest BCUT2D eigenvalue weighted by atomic mass is 16.4. The van der Waals surface area contributed by atoms with Crippen LogP contribution < -0.4 is 0 Å². The number of aliphatic carboxylic acids is 1. The smallest absolute Gasteiger partial charge is 0.303 e. The fourth-order valence-corrected chi connectivity index (χ4v) is 2.34. The van der Waals surface area contributed by atoms with Crippen molar-refractivity contribution in [2.45, 2.75) is 39.7 Å². The molecule has 6 heteroatoms. The number of hydrogen-bond donors (Lipinski definition) is 1. The number of carboxylic acid groups (broad SMARTS) is 1. The molecule has 6 nitrogen and oxygen atoms in total. The molecule has 2 rings (SSSR count). The van der Waals surface area contributed by atoms with Gasteiger partial charge in [-0.1, -0.05) is 31.2 Å². The van der Waals surface area contributed by atoms with E-state index >= 15 is 0 Å². The summed E-state index contributed by atoms with van der Waals surface area (Å²) in [6, 6.07) is 8.25. The van der Waals surface area contributed by atoms with Crippen LogP contribution in [0.25, 0.3) is 0 Å². The van der Waals surface area contributed by atoms with Crippen molar-refractivity contribution in [2.75, 3.05) is 0 Å². The van der Waals surface area contributed by atoms with Gasteiger partial charge >= 0.3 is 5.97 Å². The molecule has 0 aliphatic heterocycles. The third-order valence-corrected chi connectivity index (χ3v) is 3.49. The van der Waals surface area contributed by atoms with E-state index in [0.717, 1.165) is 18.7 Å². The zero-order valence-corrected chi connectivity index (χ0v) is 12.4. The molecular weight excluding hydrogens is 268 g/mol. The summed E-state index contributed by atoms with van der Waals surface area (Å²) in [5, 5.41) is 20.5. The Morgan fingerprint density at radius 2 is 2.10 bits per heavy atom. The van der Waals surface area contributed by atoms with Gasteiger partial charge in [-0.05, 0) is 40.8 Å². The molecule has 1 unspecified atom stereocenters. The van der Waals surface area contributed by atoms with Gasteiger partial charge in [-0.2, -0.15) is 0 Å². The first kappa shape index (κ1) is 15.2. The zero-order chi connectivity index (χ0) is 15.2. The molecule has 1 atom stereocenters. The highest BCUT2D eigenvalue weighted by Crippen LogP contribution is 2.11. The van der Waals surface area contributed by atoms with Gasteiger partial charge in [-0.25, -0.2) is 4.68 Å². The fourth-order valence-electron chi connectivity index (χ4n) is 2.34. The van der Waals surface area contributed by atoms with Crippen molar-refractivity contribution in [3.8, 4) is 0 Å². The summed E-state index contributed by atoms with van der Waals surface area (Å²) in [6.45, 7) is 4.51. The number of hydrogen-bond acceptors (Lipinski definition) is 4. The number of carboxylic acids is 1. The predicted octanol–water partition coefficient (Wildman–Crippen LogP) is 1.88. The van der Waals surface area contributed by atoms with Crippen LogP contribution in [0.4, 0.5) is 0 Å². The highest BCUT2D eigenvalue weighted by molar-refractivity contribution is 5.66. The molecule has 0 spiro atoms. The monoisotopic (exact) mass is 288 g/mol. The van der Waals surface area contributed by atoms with Crippen LogP contribution in [-0.4, -0.2) is 31.3 Å². The number of aromatic nitrogens is 4. The summed E-state index contributed by atoms with van der Waals surface area (Å²) in [5.41, 5.74) is 2.54. The maximum atomic E-state index is 10.7. The Kier molecular flexibility index (Phi) is 5.03. The lowest BCUT2D eigenvalue weighted by Gasteiger charge is -2.10. The minimum Gasteiger partial charge on any atom is -0.481 e. The summed E-state index contributed by atoms with van der Waals surface area (Å²) < 4.78 is 1.71. The van der Waals surface area contributed by atoms with E-state index in [1.807, 2.05) is 19.1 Å². The van der Waals surface area contributed by atoms with Crippen LogP contribution in [0.5, 0.6) is 0 Å². The average Bonchev–Trinajstić information content (AvgIpc) is 2.84. The van der Waals surface area contributed by atoms with E-state index in [1.54, 1.807) is 4.68 Å². The van der Waals surface area contributed by atoms with Crippen LogP contribution in [-0.2, 0) is 24.2 Å². The molecular formula is C15H20N4O2. The number of nitrogens with zero attached hydrogens (tertiary/aromatic N) is 4. The number of tetrazole rings is 1. The molecule has 21 heavy (non-hydrogen) atoms. The molecule has 0 aliphatic carbocycles. The van der Waals surface area contributed by atoms with Gasteiger partial charge in [0.05, 0.1) is 0 Å². The second-order valence-electron chi connectivity index (χ2n) is 5.41. The van der Waals surface area contributed by atoms with E-state index in [4.69, 9.17) is 5.11 Å². The van der Waals surface area contributed by atoms with E-state index in [1.165, 1.54) is 11.1 Å². The van der Waals surface area contributed by atoms with Gasteiger partial charge in [0.2, 0.25) is 0 Å². The lowest BCUT2D eigenvalue weighted by Crippen LogP contribution is -2.15. The van der Waals surface area contributed by atoms with Gasteiger partial charge in [0.25, 0.3) is 0 Å². The summed E-state index contributed by atoms with van der Waals surface area (Å²) in [4.78, 5) is 10.7. The number of aryl methyl sites for hydroxylation is 3. The van der Waals surface area contributed by atoms with E-state index in [9.17, 15) is 4.79 Å². The van der Waals surface area contributed by atoms with Gasteiger partial charge in [-0.3, -0.25) is 4.79 Å². The van der Waals surface area contributed by atoms with Crippen molar-refractivity contribution >= 4 is 5.97 Å². The molecule has 1 aromatic carbocycles. The normalized spacial score (nSPS) is 12.3. The largest absolute Gasteiger partial charge is 0.481 e. The van der Waals surface area contributed by atoms with E-state index in [0.29, 0.717) is 6.54 Å². The summed E-state index contributed by atoms with van der Waals surface area (Å²) in [5.74, 6) is 0.00994. The van der Waals surface area contributed by atoms with Crippen molar-refractivity contribution < 1.29 is 9.90 Å². The highest BCUT2D eigenvalue weighted by Gasteiger charge is 2.13. The Bertz CT molecular complexity index is 609. The van der Waals surface area contributed by atoms with Crippen LogP contribution in [0.2, 0.25) is 0 Å². The summed E-state index contributed by atoms with van der Waals surface area (Å²) >= 11 is 0. The van der Waals surface area contributed by atoms with Crippen LogP contribution in [0.1, 0.15) is 30.3 Å². The van der Waals surface area contributed by atoms with Crippen molar-refractivity contribution in [1.29, 1.82) is 0 Å². The minimum atomic E-state index is -0.794. The lowest BCUT2D eigenvalue weighted by atomic mass is 10.0. The van der Waals surface area contributed by atoms with Crippen LogP contribution in [0, 0.1) is 12.8 Å². The van der Waals surface area contributed by atoms with Crippen molar-refractivity contribution in [3.05, 3.63) is 41.2 Å². The Hall–Kier alpha value is -2.24. The molecule has 1 aromatic heterocycles. The molecule has 0 aliphatic rings. The molecule has 0 saturated heterocycles. The van der Waals surface area contributed by atoms with Gasteiger partial charge in [0, 0.05) is 19.4 Å². The molecule has 0 radical (unpaired) electrons. The Labute approximate surface area is 123 Å². The Balaban J connectivity index is 1.97. The first-order valence-corrected chi connectivity index (χ1v) is 7.07. The zero-order valence-electron chi connectivity index (χ0n) is 12.4. The van der Waals surface area contributed by atoms with Gasteiger partial charge in [0.1, 0.15) is 0 Å². The second kappa shape index (κ2) is 6.97. The number of rotatable bonds is 7. The van der Waals surface area contributed by atoms with Gasteiger partial charge < -0.3 is 5.11 Å². The predicted molar refractivity (Wildman–Crippen MR) is 77.8 cm³/mol. The molecule has 0 bridgehead atoms.